The summed E-state index contributed by atoms with van der Waals surface area (Å²) in [4.78, 5) is 11.9. The van der Waals surface area contributed by atoms with Gasteiger partial charge in [0.05, 0.1) is 12.2 Å². The molecule has 2 aromatic rings. The molecule has 0 unspecified atom stereocenters. The Hall–Kier alpha value is -2.62. The van der Waals surface area contributed by atoms with E-state index < -0.39 is 34.5 Å². The van der Waals surface area contributed by atoms with E-state index in [1.54, 1.807) is 18.2 Å². The summed E-state index contributed by atoms with van der Waals surface area (Å²) in [5.41, 5.74) is 0.0629. The molecule has 10 heteroatoms. The molecule has 2 aromatic carbocycles. The zero-order valence-corrected chi connectivity index (χ0v) is 15.3. The van der Waals surface area contributed by atoms with Gasteiger partial charge in [-0.2, -0.15) is 26.3 Å². The van der Waals surface area contributed by atoms with Gasteiger partial charge in [-0.1, -0.05) is 30.3 Å². The summed E-state index contributed by atoms with van der Waals surface area (Å²) < 4.78 is 82.2. The maximum atomic E-state index is 13.1. The molecule has 0 saturated carbocycles. The Morgan fingerprint density at radius 1 is 0.931 bits per heavy atom. The van der Waals surface area contributed by atoms with Crippen molar-refractivity contribution in [1.29, 1.82) is 0 Å². The highest BCUT2D eigenvalue weighted by atomic mass is 32.2. The summed E-state index contributed by atoms with van der Waals surface area (Å²) in [6, 6.07) is 10.4. The van der Waals surface area contributed by atoms with Crippen molar-refractivity contribution >= 4 is 23.4 Å². The number of carbonyl (C=O) groups excluding carboxylic acids is 1. The Morgan fingerprint density at radius 3 is 2.21 bits per heavy atom. The van der Waals surface area contributed by atoms with E-state index in [0.29, 0.717) is 11.1 Å². The fraction of sp³-hybridized carbons (Fsp3) is 0.211. The average Bonchev–Trinajstić information content (AvgIpc) is 2.67. The fourth-order valence-corrected chi connectivity index (χ4v) is 3.52. The third-order valence-electron chi connectivity index (χ3n) is 3.94. The molecule has 1 aliphatic heterocycles. The Morgan fingerprint density at radius 2 is 1.59 bits per heavy atom. The van der Waals surface area contributed by atoms with Crippen LogP contribution in [0.25, 0.3) is 11.1 Å². The van der Waals surface area contributed by atoms with Gasteiger partial charge in [-0.3, -0.25) is 4.79 Å². The van der Waals surface area contributed by atoms with Crippen LogP contribution < -0.4 is 5.32 Å². The molecule has 1 aliphatic rings. The minimum atomic E-state index is -4.81. The smallest absolute Gasteiger partial charge is 0.450 e. The molecule has 0 atom stereocenters. The molecule has 0 aromatic heterocycles. The predicted molar refractivity (Wildman–Crippen MR) is 97.0 cm³/mol. The van der Waals surface area contributed by atoms with Crippen molar-refractivity contribution in [2.75, 3.05) is 17.7 Å². The first-order valence-electron chi connectivity index (χ1n) is 8.22. The van der Waals surface area contributed by atoms with Crippen LogP contribution in [0.15, 0.2) is 59.2 Å². The van der Waals surface area contributed by atoms with E-state index in [1.807, 2.05) is 0 Å². The van der Waals surface area contributed by atoms with E-state index >= 15 is 0 Å². The molecule has 0 fully saturated rings. The molecule has 0 spiro atoms. The Kier molecular flexibility index (Phi) is 5.83. The van der Waals surface area contributed by atoms with Crippen molar-refractivity contribution in [2.24, 2.45) is 0 Å². The van der Waals surface area contributed by atoms with E-state index in [1.165, 1.54) is 18.2 Å². The lowest BCUT2D eigenvalue weighted by molar-refractivity contribution is -0.137. The number of carbonyl (C=O) groups is 1. The number of thioether (sulfide) groups is 1. The van der Waals surface area contributed by atoms with Crippen LogP contribution in [0, 0.1) is 0 Å². The van der Waals surface area contributed by atoms with Gasteiger partial charge >= 0.3 is 12.4 Å². The monoisotopic (exact) mass is 433 g/mol. The van der Waals surface area contributed by atoms with E-state index in [2.05, 4.69) is 10.1 Å². The van der Waals surface area contributed by atoms with Gasteiger partial charge in [0.2, 0.25) is 5.76 Å². The molecule has 0 radical (unpaired) electrons. The molecule has 29 heavy (non-hydrogen) atoms. The van der Waals surface area contributed by atoms with Crippen LogP contribution in [0.5, 0.6) is 0 Å². The summed E-state index contributed by atoms with van der Waals surface area (Å²) in [5.74, 6) is -2.16. The highest BCUT2D eigenvalue weighted by molar-refractivity contribution is 8.04. The van der Waals surface area contributed by atoms with Gasteiger partial charge in [-0.05, 0) is 23.8 Å². The predicted octanol–water partition coefficient (Wildman–Crippen LogP) is 5.85. The summed E-state index contributed by atoms with van der Waals surface area (Å²) in [6.07, 6.45) is -9.31. The van der Waals surface area contributed by atoms with Crippen molar-refractivity contribution in [3.63, 3.8) is 0 Å². The van der Waals surface area contributed by atoms with Crippen molar-refractivity contribution in [2.45, 2.75) is 12.4 Å². The lowest BCUT2D eigenvalue weighted by Gasteiger charge is -2.22. The number of benzene rings is 2. The number of hydrogen-bond acceptors (Lipinski definition) is 3. The molecule has 0 aliphatic carbocycles. The number of alkyl halides is 6. The van der Waals surface area contributed by atoms with Gasteiger partial charge in [-0.15, -0.1) is 11.8 Å². The highest BCUT2D eigenvalue weighted by Gasteiger charge is 2.42. The normalized spacial score (nSPS) is 15.1. The number of anilines is 1. The minimum Gasteiger partial charge on any atom is -0.487 e. The number of hydrogen-bond donors (Lipinski definition) is 1. The van der Waals surface area contributed by atoms with Crippen LogP contribution in [0.4, 0.5) is 32.0 Å². The van der Waals surface area contributed by atoms with Crippen molar-refractivity contribution < 1.29 is 35.9 Å². The molecule has 1 N–H and O–H groups in total. The number of para-hydroxylation sites is 1. The number of halogens is 6. The third-order valence-corrected chi connectivity index (χ3v) is 4.97. The van der Waals surface area contributed by atoms with Gasteiger partial charge in [0, 0.05) is 17.0 Å². The van der Waals surface area contributed by atoms with Crippen LogP contribution in [-0.2, 0) is 15.7 Å². The summed E-state index contributed by atoms with van der Waals surface area (Å²) >= 11 is 0.729. The third kappa shape index (κ3) is 4.87. The van der Waals surface area contributed by atoms with Crippen LogP contribution in [0.3, 0.4) is 0 Å². The number of allylic oxidation sites excluding steroid dienone is 1. The summed E-state index contributed by atoms with van der Waals surface area (Å²) in [7, 11) is 0. The molecule has 1 amide bonds. The molecule has 1 heterocycles. The zero-order chi connectivity index (χ0) is 21.2. The van der Waals surface area contributed by atoms with Crippen molar-refractivity contribution in [3.8, 4) is 11.1 Å². The average molecular weight is 433 g/mol. The van der Waals surface area contributed by atoms with E-state index in [-0.39, 0.29) is 18.0 Å². The largest absolute Gasteiger partial charge is 0.487 e. The molecular weight excluding hydrogens is 420 g/mol. The van der Waals surface area contributed by atoms with Crippen LogP contribution in [0.2, 0.25) is 0 Å². The second-order valence-corrected chi connectivity index (χ2v) is 7.03. The molecule has 154 valence electrons. The lowest BCUT2D eigenvalue weighted by Crippen LogP contribution is -2.26. The molecule has 3 nitrogen and oxygen atoms in total. The van der Waals surface area contributed by atoms with E-state index in [9.17, 15) is 31.1 Å². The number of rotatable bonds is 3. The summed E-state index contributed by atoms with van der Waals surface area (Å²) in [5, 5.41) is 2.41. The number of ether oxygens (including phenoxy) is 1. The highest BCUT2D eigenvalue weighted by Crippen LogP contribution is 2.38. The van der Waals surface area contributed by atoms with Gasteiger partial charge in [0.25, 0.3) is 5.91 Å². The zero-order valence-electron chi connectivity index (χ0n) is 14.5. The second-order valence-electron chi connectivity index (χ2n) is 5.93. The first-order chi connectivity index (χ1) is 13.6. The van der Waals surface area contributed by atoms with Gasteiger partial charge < -0.3 is 10.1 Å². The van der Waals surface area contributed by atoms with Gasteiger partial charge in [0.15, 0.2) is 0 Å². The number of amides is 1. The maximum Gasteiger partial charge on any atom is 0.450 e. The van der Waals surface area contributed by atoms with Crippen LogP contribution >= 0.6 is 11.8 Å². The second kappa shape index (κ2) is 8.02. The quantitative estimate of drug-likeness (QED) is 0.618. The number of nitrogens with one attached hydrogen (secondary N) is 1. The Bertz CT molecular complexity index is 935. The molecule has 0 bridgehead atoms. The molecular formula is C19H13F6NO2S. The lowest BCUT2D eigenvalue weighted by atomic mass is 10.0. The van der Waals surface area contributed by atoms with Crippen LogP contribution in [-0.4, -0.2) is 24.4 Å². The van der Waals surface area contributed by atoms with Crippen LogP contribution in [0.1, 0.15) is 5.56 Å². The summed E-state index contributed by atoms with van der Waals surface area (Å²) in [6.45, 7) is -0.168. The standard InChI is InChI=1S/C19H13F6NO2S/c20-18(21,22)12-7-5-11(6-8-12)13-3-1-2-4-14(13)26-17(27)15-16(19(23,24)25)28-9-10-29-15/h1-8H,9-10H2,(H,26,27). The Balaban J connectivity index is 1.92. The minimum absolute atomic E-state index is 0.164. The van der Waals surface area contributed by atoms with Crippen molar-refractivity contribution in [1.82, 2.24) is 0 Å². The van der Waals surface area contributed by atoms with E-state index in [0.717, 1.165) is 23.9 Å². The molecule has 0 saturated heterocycles. The molecule has 3 rings (SSSR count). The topological polar surface area (TPSA) is 38.3 Å². The Labute approximate surface area is 165 Å². The first kappa shape index (κ1) is 21.1. The first-order valence-corrected chi connectivity index (χ1v) is 9.21. The van der Waals surface area contributed by atoms with Gasteiger partial charge in [-0.25, -0.2) is 0 Å². The fourth-order valence-electron chi connectivity index (χ4n) is 2.66. The van der Waals surface area contributed by atoms with Crippen molar-refractivity contribution in [3.05, 3.63) is 64.8 Å². The SMILES string of the molecule is O=C(Nc1ccccc1-c1ccc(C(F)(F)F)cc1)C1=C(C(F)(F)F)OCCS1. The maximum absolute atomic E-state index is 13.1. The van der Waals surface area contributed by atoms with E-state index in [4.69, 9.17) is 0 Å². The van der Waals surface area contributed by atoms with Gasteiger partial charge in [0.1, 0.15) is 4.91 Å².